The number of carbonyl (C=O) groups excluding carboxylic acids is 1. The van der Waals surface area contributed by atoms with Crippen molar-refractivity contribution in [2.45, 2.75) is 0 Å². The lowest BCUT2D eigenvalue weighted by molar-refractivity contribution is 0.102. The molecule has 32 heavy (non-hydrogen) atoms. The first-order chi connectivity index (χ1) is 15.7. The number of carbonyl (C=O) groups is 1. The molecule has 1 amide bonds. The van der Waals surface area contributed by atoms with E-state index in [1.165, 1.54) is 6.20 Å². The molecule has 0 aliphatic carbocycles. The third-order valence-corrected chi connectivity index (χ3v) is 6.02. The Hall–Kier alpha value is -4.11. The van der Waals surface area contributed by atoms with Gasteiger partial charge in [0.25, 0.3) is 5.91 Å². The van der Waals surface area contributed by atoms with E-state index >= 15 is 0 Å². The van der Waals surface area contributed by atoms with Crippen molar-refractivity contribution >= 4 is 27.9 Å². The van der Waals surface area contributed by atoms with Crippen LogP contribution in [0.25, 0.3) is 27.5 Å². The lowest BCUT2D eigenvalue weighted by Gasteiger charge is -2.18. The number of hydrogen-bond acceptors (Lipinski definition) is 6. The van der Waals surface area contributed by atoms with Gasteiger partial charge in [-0.15, -0.1) is 11.3 Å². The van der Waals surface area contributed by atoms with E-state index in [-0.39, 0.29) is 5.91 Å². The molecule has 6 rings (SSSR count). The smallest absolute Gasteiger partial charge is 0.259 e. The van der Waals surface area contributed by atoms with Crippen molar-refractivity contribution in [2.24, 2.45) is 0 Å². The zero-order chi connectivity index (χ0) is 21.5. The molecule has 0 spiro atoms. The number of fused-ring (bicyclic) bond motifs is 2. The minimum Gasteiger partial charge on any atom is -0.486 e. The maximum Gasteiger partial charge on any atom is 0.259 e. The van der Waals surface area contributed by atoms with Crippen LogP contribution in [0.1, 0.15) is 10.4 Å². The molecular weight excluding hydrogens is 426 g/mol. The predicted molar refractivity (Wildman–Crippen MR) is 121 cm³/mol. The summed E-state index contributed by atoms with van der Waals surface area (Å²) in [5.74, 6) is 1.10. The monoisotopic (exact) mass is 443 g/mol. The van der Waals surface area contributed by atoms with Crippen molar-refractivity contribution < 1.29 is 14.3 Å². The molecule has 3 aromatic heterocycles. The Kier molecular flexibility index (Phi) is 4.39. The molecule has 0 bridgehead atoms. The van der Waals surface area contributed by atoms with Gasteiger partial charge in [-0.05, 0) is 30.3 Å². The molecule has 2 aromatic carbocycles. The van der Waals surface area contributed by atoms with Gasteiger partial charge in [-0.25, -0.2) is 4.98 Å². The summed E-state index contributed by atoms with van der Waals surface area (Å²) in [6, 6.07) is 13.2. The van der Waals surface area contributed by atoms with E-state index in [4.69, 9.17) is 9.47 Å². The summed E-state index contributed by atoms with van der Waals surface area (Å²) in [5, 5.41) is 11.9. The summed E-state index contributed by atoms with van der Waals surface area (Å²) in [4.78, 5) is 18.5. The van der Waals surface area contributed by atoms with Crippen molar-refractivity contribution in [3.8, 4) is 34.0 Å². The summed E-state index contributed by atoms with van der Waals surface area (Å²) in [6.07, 6.45) is 5.49. The van der Waals surface area contributed by atoms with Crippen LogP contribution in [0.15, 0.2) is 66.4 Å². The predicted octanol–water partition coefficient (Wildman–Crippen LogP) is 4.48. The maximum atomic E-state index is 13.0. The van der Waals surface area contributed by atoms with Crippen LogP contribution >= 0.6 is 11.3 Å². The molecule has 1 aliphatic rings. The van der Waals surface area contributed by atoms with E-state index in [1.807, 2.05) is 64.6 Å². The molecule has 0 atom stereocenters. The van der Waals surface area contributed by atoms with Crippen LogP contribution in [-0.4, -0.2) is 38.7 Å². The molecule has 158 valence electrons. The van der Waals surface area contributed by atoms with Gasteiger partial charge in [0.05, 0.1) is 23.1 Å². The number of thiazole rings is 1. The first kappa shape index (κ1) is 18.6. The molecule has 5 aromatic rings. The van der Waals surface area contributed by atoms with Gasteiger partial charge in [-0.3, -0.25) is 14.3 Å². The van der Waals surface area contributed by atoms with Crippen LogP contribution in [-0.2, 0) is 0 Å². The molecule has 0 fully saturated rings. The van der Waals surface area contributed by atoms with E-state index in [0.717, 1.165) is 21.8 Å². The normalized spacial score (nSPS) is 12.8. The molecule has 0 radical (unpaired) electrons. The Morgan fingerprint density at radius 3 is 2.72 bits per heavy atom. The van der Waals surface area contributed by atoms with Crippen molar-refractivity contribution in [1.82, 2.24) is 19.6 Å². The van der Waals surface area contributed by atoms with Crippen molar-refractivity contribution in [3.63, 3.8) is 0 Å². The molecule has 8 nitrogen and oxygen atoms in total. The van der Waals surface area contributed by atoms with Gasteiger partial charge in [0.2, 0.25) is 0 Å². The second kappa shape index (κ2) is 7.54. The fraction of sp³-hybridized carbons (Fsp3) is 0.0870. The third kappa shape index (κ3) is 3.28. The number of aromatic amines is 1. The highest BCUT2D eigenvalue weighted by atomic mass is 32.1. The Labute approximate surface area is 186 Å². The number of anilines is 1. The molecular formula is C23H17N5O3S. The highest BCUT2D eigenvalue weighted by Crippen LogP contribution is 2.35. The number of nitrogens with one attached hydrogen (secondary N) is 2. The van der Waals surface area contributed by atoms with Gasteiger partial charge in [0.1, 0.15) is 13.2 Å². The first-order valence-corrected chi connectivity index (χ1v) is 10.9. The minimum absolute atomic E-state index is 0.251. The summed E-state index contributed by atoms with van der Waals surface area (Å²) in [6.45, 7) is 1.03. The van der Waals surface area contributed by atoms with E-state index < -0.39 is 0 Å². The standard InChI is InChI=1S/C23H17N5O3S/c29-22(17-12-24-27-21(17)15-3-6-19-20(11-15)31-9-8-30-19)25-16-4-1-14(2-5-16)18-13-28-7-10-32-23(28)26-18/h1-7,10-13H,8-9H2,(H,24,27)(H,25,29). The van der Waals surface area contributed by atoms with Gasteiger partial charge >= 0.3 is 0 Å². The second-order valence-electron chi connectivity index (χ2n) is 7.27. The molecule has 4 heterocycles. The fourth-order valence-corrected chi connectivity index (χ4v) is 4.37. The average molecular weight is 443 g/mol. The molecule has 9 heteroatoms. The van der Waals surface area contributed by atoms with Gasteiger partial charge < -0.3 is 14.8 Å². The first-order valence-electron chi connectivity index (χ1n) is 10.0. The molecule has 0 unspecified atom stereocenters. The fourth-order valence-electron chi connectivity index (χ4n) is 3.67. The van der Waals surface area contributed by atoms with Crippen molar-refractivity contribution in [3.05, 3.63) is 72.0 Å². The number of imidazole rings is 1. The summed E-state index contributed by atoms with van der Waals surface area (Å²) in [7, 11) is 0. The van der Waals surface area contributed by atoms with Crippen LogP contribution in [0.4, 0.5) is 5.69 Å². The van der Waals surface area contributed by atoms with E-state index in [1.54, 1.807) is 11.3 Å². The van der Waals surface area contributed by atoms with E-state index in [2.05, 4.69) is 20.5 Å². The zero-order valence-corrected chi connectivity index (χ0v) is 17.6. The minimum atomic E-state index is -0.251. The molecule has 0 saturated heterocycles. The number of nitrogens with zero attached hydrogens (tertiary/aromatic N) is 3. The summed E-state index contributed by atoms with van der Waals surface area (Å²) >= 11 is 1.59. The SMILES string of the molecule is O=C(Nc1ccc(-c2cn3ccsc3n2)cc1)c1cn[nH]c1-c1ccc2c(c1)OCCO2. The number of ether oxygens (including phenoxy) is 2. The van der Waals surface area contributed by atoms with Crippen LogP contribution in [0, 0.1) is 0 Å². The Morgan fingerprint density at radius 1 is 1.06 bits per heavy atom. The Balaban J connectivity index is 1.22. The summed E-state index contributed by atoms with van der Waals surface area (Å²) < 4.78 is 13.2. The van der Waals surface area contributed by atoms with Gasteiger partial charge in [0.15, 0.2) is 16.5 Å². The van der Waals surface area contributed by atoms with Crippen LogP contribution < -0.4 is 14.8 Å². The van der Waals surface area contributed by atoms with Crippen LogP contribution in [0.5, 0.6) is 11.5 Å². The highest BCUT2D eigenvalue weighted by Gasteiger charge is 2.19. The number of benzene rings is 2. The lowest BCUT2D eigenvalue weighted by Crippen LogP contribution is -2.15. The maximum absolute atomic E-state index is 13.0. The van der Waals surface area contributed by atoms with Crippen molar-refractivity contribution in [1.29, 1.82) is 0 Å². The summed E-state index contributed by atoms with van der Waals surface area (Å²) in [5.41, 5.74) is 4.43. The van der Waals surface area contributed by atoms with Crippen molar-refractivity contribution in [2.75, 3.05) is 18.5 Å². The number of H-pyrrole nitrogens is 1. The van der Waals surface area contributed by atoms with Crippen LogP contribution in [0.2, 0.25) is 0 Å². The average Bonchev–Trinajstić information content (AvgIpc) is 3.56. The van der Waals surface area contributed by atoms with Gasteiger partial charge in [-0.1, -0.05) is 12.1 Å². The van der Waals surface area contributed by atoms with E-state index in [9.17, 15) is 4.79 Å². The number of aromatic nitrogens is 4. The number of amides is 1. The second-order valence-corrected chi connectivity index (χ2v) is 8.14. The Bertz CT molecular complexity index is 1410. The van der Waals surface area contributed by atoms with Gasteiger partial charge in [0, 0.05) is 34.6 Å². The largest absolute Gasteiger partial charge is 0.486 e. The molecule has 2 N–H and O–H groups in total. The zero-order valence-electron chi connectivity index (χ0n) is 16.7. The highest BCUT2D eigenvalue weighted by molar-refractivity contribution is 7.15. The number of rotatable bonds is 4. The van der Waals surface area contributed by atoms with E-state index in [0.29, 0.717) is 41.7 Å². The number of hydrogen-bond donors (Lipinski definition) is 2. The molecule has 0 saturated carbocycles. The molecule has 1 aliphatic heterocycles. The topological polar surface area (TPSA) is 93.5 Å². The quantitative estimate of drug-likeness (QED) is 0.427. The third-order valence-electron chi connectivity index (χ3n) is 5.25. The van der Waals surface area contributed by atoms with Crippen LogP contribution in [0.3, 0.4) is 0 Å². The lowest BCUT2D eigenvalue weighted by atomic mass is 10.1. The Morgan fingerprint density at radius 2 is 1.88 bits per heavy atom. The van der Waals surface area contributed by atoms with Gasteiger partial charge in [-0.2, -0.15) is 5.10 Å².